The summed E-state index contributed by atoms with van der Waals surface area (Å²) in [5.41, 5.74) is 4.01. The van der Waals surface area contributed by atoms with Crippen LogP contribution in [0.1, 0.15) is 37.8 Å². The fourth-order valence-electron chi connectivity index (χ4n) is 2.76. The lowest BCUT2D eigenvalue weighted by molar-refractivity contribution is 0.177. The van der Waals surface area contributed by atoms with E-state index in [1.807, 2.05) is 0 Å². The molecular formula is C16H26N2. The lowest BCUT2D eigenvalue weighted by atomic mass is 10.0. The van der Waals surface area contributed by atoms with Crippen LogP contribution in [0.4, 0.5) is 5.69 Å². The molecule has 1 aromatic rings. The van der Waals surface area contributed by atoms with Crippen molar-refractivity contribution in [1.29, 1.82) is 0 Å². The van der Waals surface area contributed by atoms with Gasteiger partial charge in [-0.25, -0.2) is 0 Å². The maximum atomic E-state index is 3.71. The molecule has 1 aromatic carbocycles. The smallest absolute Gasteiger partial charge is 0.0372 e. The molecule has 1 saturated heterocycles. The first kappa shape index (κ1) is 13.4. The normalized spacial score (nSPS) is 18.3. The first-order valence-electron chi connectivity index (χ1n) is 7.14. The number of piperidine rings is 1. The van der Waals surface area contributed by atoms with Crippen LogP contribution in [0.3, 0.4) is 0 Å². The molecule has 1 N–H and O–H groups in total. The molecule has 0 atom stereocenters. The monoisotopic (exact) mass is 246 g/mol. The molecule has 0 spiro atoms. The van der Waals surface area contributed by atoms with Crippen LogP contribution in [0.15, 0.2) is 18.2 Å². The van der Waals surface area contributed by atoms with Crippen molar-refractivity contribution in [2.45, 2.75) is 52.6 Å². The Morgan fingerprint density at radius 3 is 2.39 bits per heavy atom. The fourth-order valence-corrected chi connectivity index (χ4v) is 2.76. The zero-order valence-corrected chi connectivity index (χ0v) is 12.2. The summed E-state index contributed by atoms with van der Waals surface area (Å²) in [4.78, 5) is 2.57. The Labute approximate surface area is 111 Å². The molecule has 0 bridgehead atoms. The highest BCUT2D eigenvalue weighted by molar-refractivity contribution is 5.52. The number of anilines is 1. The number of rotatable bonds is 3. The highest BCUT2D eigenvalue weighted by atomic mass is 15.2. The molecule has 0 amide bonds. The highest BCUT2D eigenvalue weighted by Gasteiger charge is 2.20. The Hall–Kier alpha value is -1.02. The van der Waals surface area contributed by atoms with Gasteiger partial charge in [0.05, 0.1) is 0 Å². The van der Waals surface area contributed by atoms with Gasteiger partial charge in [0.15, 0.2) is 0 Å². The minimum atomic E-state index is 0.640. The van der Waals surface area contributed by atoms with Crippen molar-refractivity contribution in [3.63, 3.8) is 0 Å². The van der Waals surface area contributed by atoms with Gasteiger partial charge in [-0.1, -0.05) is 17.7 Å². The van der Waals surface area contributed by atoms with Gasteiger partial charge >= 0.3 is 0 Å². The number of likely N-dealkylation sites (tertiary alicyclic amines) is 1. The summed E-state index contributed by atoms with van der Waals surface area (Å²) in [5.74, 6) is 0. The third kappa shape index (κ3) is 3.26. The van der Waals surface area contributed by atoms with Gasteiger partial charge in [-0.15, -0.1) is 0 Å². The van der Waals surface area contributed by atoms with Gasteiger partial charge in [0, 0.05) is 30.9 Å². The summed E-state index contributed by atoms with van der Waals surface area (Å²) in [7, 11) is 0. The second-order valence-electron chi connectivity index (χ2n) is 5.87. The van der Waals surface area contributed by atoms with E-state index in [9.17, 15) is 0 Å². The highest BCUT2D eigenvalue weighted by Crippen LogP contribution is 2.21. The number of nitrogens with one attached hydrogen (secondary N) is 1. The van der Waals surface area contributed by atoms with Crippen LogP contribution in [0.25, 0.3) is 0 Å². The van der Waals surface area contributed by atoms with Gasteiger partial charge in [0.2, 0.25) is 0 Å². The van der Waals surface area contributed by atoms with Crippen molar-refractivity contribution in [3.05, 3.63) is 29.3 Å². The van der Waals surface area contributed by atoms with Crippen molar-refractivity contribution in [1.82, 2.24) is 4.90 Å². The second-order valence-corrected chi connectivity index (χ2v) is 5.87. The van der Waals surface area contributed by atoms with Crippen LogP contribution in [0, 0.1) is 13.8 Å². The van der Waals surface area contributed by atoms with Crippen LogP contribution in [0.5, 0.6) is 0 Å². The molecular weight excluding hydrogens is 220 g/mol. The molecule has 0 aliphatic carbocycles. The van der Waals surface area contributed by atoms with Crippen LogP contribution in [-0.2, 0) is 0 Å². The van der Waals surface area contributed by atoms with Gasteiger partial charge in [-0.05, 0) is 52.2 Å². The zero-order chi connectivity index (χ0) is 13.1. The van der Waals surface area contributed by atoms with E-state index in [0.717, 1.165) is 0 Å². The van der Waals surface area contributed by atoms with Gasteiger partial charge < -0.3 is 10.2 Å². The maximum absolute atomic E-state index is 3.71. The lowest BCUT2D eigenvalue weighted by Crippen LogP contribution is -2.42. The van der Waals surface area contributed by atoms with E-state index in [0.29, 0.717) is 12.1 Å². The summed E-state index contributed by atoms with van der Waals surface area (Å²) >= 11 is 0. The predicted octanol–water partition coefficient (Wildman–Crippen LogP) is 3.59. The van der Waals surface area contributed by atoms with Gasteiger partial charge in [0.1, 0.15) is 0 Å². The number of hydrogen-bond donors (Lipinski definition) is 1. The van der Waals surface area contributed by atoms with E-state index in [-0.39, 0.29) is 0 Å². The van der Waals surface area contributed by atoms with Crippen LogP contribution >= 0.6 is 0 Å². The van der Waals surface area contributed by atoms with E-state index in [1.165, 1.54) is 42.7 Å². The van der Waals surface area contributed by atoms with E-state index in [1.54, 1.807) is 0 Å². The molecule has 1 aliphatic rings. The molecule has 0 unspecified atom stereocenters. The summed E-state index contributed by atoms with van der Waals surface area (Å²) in [6.07, 6.45) is 2.51. The van der Waals surface area contributed by atoms with E-state index in [4.69, 9.17) is 0 Å². The molecule has 18 heavy (non-hydrogen) atoms. The Kier molecular flexibility index (Phi) is 4.28. The molecule has 2 nitrogen and oxygen atoms in total. The fraction of sp³-hybridized carbons (Fsp3) is 0.625. The van der Waals surface area contributed by atoms with Crippen LogP contribution < -0.4 is 5.32 Å². The van der Waals surface area contributed by atoms with Crippen LogP contribution in [-0.4, -0.2) is 30.1 Å². The molecule has 2 rings (SSSR count). The molecule has 1 aliphatic heterocycles. The summed E-state index contributed by atoms with van der Waals surface area (Å²) in [6, 6.07) is 8.00. The average molecular weight is 246 g/mol. The second kappa shape index (κ2) is 5.75. The maximum Gasteiger partial charge on any atom is 0.0372 e. The number of aryl methyl sites for hydroxylation is 2. The summed E-state index contributed by atoms with van der Waals surface area (Å²) < 4.78 is 0. The quantitative estimate of drug-likeness (QED) is 0.877. The number of nitrogens with zero attached hydrogens (tertiary/aromatic N) is 1. The molecule has 100 valence electrons. The molecule has 0 radical (unpaired) electrons. The molecule has 1 heterocycles. The SMILES string of the molecule is Cc1ccc(NC2CCN(C(C)C)CC2)c(C)c1. The van der Waals surface area contributed by atoms with Gasteiger partial charge in [-0.2, -0.15) is 0 Å². The van der Waals surface area contributed by atoms with Crippen LogP contribution in [0.2, 0.25) is 0 Å². The summed E-state index contributed by atoms with van der Waals surface area (Å²) in [5, 5.41) is 3.71. The number of benzene rings is 1. The zero-order valence-electron chi connectivity index (χ0n) is 12.2. The van der Waals surface area contributed by atoms with E-state index in [2.05, 4.69) is 56.1 Å². The Morgan fingerprint density at radius 2 is 1.83 bits per heavy atom. The van der Waals surface area contributed by atoms with Gasteiger partial charge in [-0.3, -0.25) is 0 Å². The van der Waals surface area contributed by atoms with Crippen molar-refractivity contribution < 1.29 is 0 Å². The predicted molar refractivity (Wildman–Crippen MR) is 79.3 cm³/mol. The van der Waals surface area contributed by atoms with Gasteiger partial charge in [0.25, 0.3) is 0 Å². The summed E-state index contributed by atoms with van der Waals surface area (Å²) in [6.45, 7) is 11.4. The Balaban J connectivity index is 1.91. The Morgan fingerprint density at radius 1 is 1.17 bits per heavy atom. The Bertz CT molecular complexity index is 390. The van der Waals surface area contributed by atoms with E-state index < -0.39 is 0 Å². The minimum Gasteiger partial charge on any atom is -0.382 e. The van der Waals surface area contributed by atoms with Crippen molar-refractivity contribution >= 4 is 5.69 Å². The third-order valence-electron chi connectivity index (χ3n) is 4.00. The molecule has 2 heteroatoms. The largest absolute Gasteiger partial charge is 0.382 e. The van der Waals surface area contributed by atoms with Crippen molar-refractivity contribution in [3.8, 4) is 0 Å². The first-order chi connectivity index (χ1) is 8.56. The van der Waals surface area contributed by atoms with Crippen molar-refractivity contribution in [2.75, 3.05) is 18.4 Å². The first-order valence-corrected chi connectivity index (χ1v) is 7.14. The molecule has 0 aromatic heterocycles. The van der Waals surface area contributed by atoms with Crippen molar-refractivity contribution in [2.24, 2.45) is 0 Å². The average Bonchev–Trinajstić information content (AvgIpc) is 2.33. The lowest BCUT2D eigenvalue weighted by Gasteiger charge is -2.35. The van der Waals surface area contributed by atoms with E-state index >= 15 is 0 Å². The number of hydrogen-bond acceptors (Lipinski definition) is 2. The minimum absolute atomic E-state index is 0.640. The third-order valence-corrected chi connectivity index (χ3v) is 4.00. The topological polar surface area (TPSA) is 15.3 Å². The standard InChI is InChI=1S/C16H26N2/c1-12(2)18-9-7-15(8-10-18)17-16-6-5-13(3)11-14(16)4/h5-6,11-12,15,17H,7-10H2,1-4H3. The molecule has 1 fully saturated rings. The molecule has 0 saturated carbocycles.